The molecule has 1 aromatic rings. The standard InChI is InChI=1S/C18H25N3O3/c1-12(2)14-5-4-6-16(9-14)21-11-15(10-17(21)23)18(24)20-8-7-19-13(3)22/h4-6,9,12,15H,7-8,10-11H2,1-3H3,(H,19,22)(H,20,24). The lowest BCUT2D eigenvalue weighted by atomic mass is 10.0. The zero-order valence-electron chi connectivity index (χ0n) is 14.5. The van der Waals surface area contributed by atoms with Gasteiger partial charge in [0, 0.05) is 38.7 Å². The third-order valence-corrected chi connectivity index (χ3v) is 4.14. The molecule has 0 aliphatic carbocycles. The van der Waals surface area contributed by atoms with Crippen LogP contribution in [0.1, 0.15) is 38.7 Å². The third-order valence-electron chi connectivity index (χ3n) is 4.14. The molecule has 1 atom stereocenters. The number of rotatable bonds is 6. The molecule has 6 nitrogen and oxygen atoms in total. The molecule has 2 N–H and O–H groups in total. The van der Waals surface area contributed by atoms with E-state index >= 15 is 0 Å². The van der Waals surface area contributed by atoms with Crippen LogP contribution in [0.4, 0.5) is 5.69 Å². The Hall–Kier alpha value is -2.37. The van der Waals surface area contributed by atoms with E-state index in [1.807, 2.05) is 24.3 Å². The number of carbonyl (C=O) groups is 3. The maximum absolute atomic E-state index is 12.3. The molecular weight excluding hydrogens is 306 g/mol. The minimum atomic E-state index is -0.350. The molecule has 1 fully saturated rings. The maximum Gasteiger partial charge on any atom is 0.227 e. The number of hydrogen-bond acceptors (Lipinski definition) is 3. The molecular formula is C18H25N3O3. The van der Waals surface area contributed by atoms with Crippen LogP contribution in [0.5, 0.6) is 0 Å². The lowest BCUT2D eigenvalue weighted by Gasteiger charge is -2.18. The fourth-order valence-electron chi connectivity index (χ4n) is 2.75. The summed E-state index contributed by atoms with van der Waals surface area (Å²) >= 11 is 0. The summed E-state index contributed by atoms with van der Waals surface area (Å²) < 4.78 is 0. The lowest BCUT2D eigenvalue weighted by Crippen LogP contribution is -2.37. The van der Waals surface area contributed by atoms with Gasteiger partial charge in [-0.1, -0.05) is 26.0 Å². The Morgan fingerprint density at radius 3 is 2.62 bits per heavy atom. The van der Waals surface area contributed by atoms with E-state index in [9.17, 15) is 14.4 Å². The predicted molar refractivity (Wildman–Crippen MR) is 92.7 cm³/mol. The molecule has 3 amide bonds. The molecule has 0 aromatic heterocycles. The molecule has 0 radical (unpaired) electrons. The van der Waals surface area contributed by atoms with Gasteiger partial charge in [-0.25, -0.2) is 0 Å². The first-order valence-electron chi connectivity index (χ1n) is 8.31. The van der Waals surface area contributed by atoms with Crippen molar-refractivity contribution in [3.63, 3.8) is 0 Å². The normalized spacial score (nSPS) is 17.2. The van der Waals surface area contributed by atoms with Crippen molar-refractivity contribution in [2.45, 2.75) is 33.1 Å². The van der Waals surface area contributed by atoms with E-state index in [2.05, 4.69) is 24.5 Å². The molecule has 0 bridgehead atoms. The van der Waals surface area contributed by atoms with E-state index in [0.29, 0.717) is 25.6 Å². The Morgan fingerprint density at radius 2 is 1.96 bits per heavy atom. The van der Waals surface area contributed by atoms with Crippen molar-refractivity contribution in [1.29, 1.82) is 0 Å². The van der Waals surface area contributed by atoms with E-state index in [-0.39, 0.29) is 30.1 Å². The van der Waals surface area contributed by atoms with E-state index in [4.69, 9.17) is 0 Å². The number of anilines is 1. The molecule has 1 heterocycles. The van der Waals surface area contributed by atoms with Crippen molar-refractivity contribution in [2.75, 3.05) is 24.5 Å². The maximum atomic E-state index is 12.3. The van der Waals surface area contributed by atoms with Crippen LogP contribution in [0.3, 0.4) is 0 Å². The van der Waals surface area contributed by atoms with Gasteiger partial charge in [0.15, 0.2) is 0 Å². The summed E-state index contributed by atoms with van der Waals surface area (Å²) in [5.41, 5.74) is 2.02. The number of hydrogen-bond donors (Lipinski definition) is 2. The Kier molecular flexibility index (Phi) is 5.95. The van der Waals surface area contributed by atoms with Crippen LogP contribution in [0.2, 0.25) is 0 Å². The van der Waals surface area contributed by atoms with Gasteiger partial charge in [-0.2, -0.15) is 0 Å². The second-order valence-electron chi connectivity index (χ2n) is 6.43. The molecule has 1 aliphatic rings. The Bertz CT molecular complexity index is 628. The molecule has 24 heavy (non-hydrogen) atoms. The molecule has 1 unspecified atom stereocenters. The van der Waals surface area contributed by atoms with Gasteiger partial charge in [0.2, 0.25) is 17.7 Å². The second-order valence-corrected chi connectivity index (χ2v) is 6.43. The van der Waals surface area contributed by atoms with Gasteiger partial charge in [-0.15, -0.1) is 0 Å². The van der Waals surface area contributed by atoms with Crippen molar-refractivity contribution in [1.82, 2.24) is 10.6 Å². The summed E-state index contributed by atoms with van der Waals surface area (Å²) in [6.07, 6.45) is 0.220. The van der Waals surface area contributed by atoms with Gasteiger partial charge in [-0.05, 0) is 23.6 Å². The van der Waals surface area contributed by atoms with Gasteiger partial charge in [0.1, 0.15) is 0 Å². The van der Waals surface area contributed by atoms with Crippen LogP contribution < -0.4 is 15.5 Å². The van der Waals surface area contributed by atoms with Crippen molar-refractivity contribution >= 4 is 23.4 Å². The summed E-state index contributed by atoms with van der Waals surface area (Å²) in [7, 11) is 0. The van der Waals surface area contributed by atoms with Crippen LogP contribution in [0.25, 0.3) is 0 Å². The van der Waals surface area contributed by atoms with E-state index < -0.39 is 0 Å². The summed E-state index contributed by atoms with van der Waals surface area (Å²) in [4.78, 5) is 36.9. The summed E-state index contributed by atoms with van der Waals surface area (Å²) in [5.74, 6) is -0.265. The highest BCUT2D eigenvalue weighted by Gasteiger charge is 2.35. The van der Waals surface area contributed by atoms with Crippen LogP contribution in [-0.2, 0) is 14.4 Å². The van der Waals surface area contributed by atoms with E-state index in [0.717, 1.165) is 5.69 Å². The summed E-state index contributed by atoms with van der Waals surface area (Å²) in [5, 5.41) is 5.39. The minimum absolute atomic E-state index is 0.0297. The highest BCUT2D eigenvalue weighted by atomic mass is 16.2. The second kappa shape index (κ2) is 7.95. The first-order chi connectivity index (χ1) is 11.4. The number of nitrogens with zero attached hydrogens (tertiary/aromatic N) is 1. The molecule has 1 saturated heterocycles. The van der Waals surface area contributed by atoms with Crippen LogP contribution in [0, 0.1) is 5.92 Å². The van der Waals surface area contributed by atoms with Crippen molar-refractivity contribution < 1.29 is 14.4 Å². The Balaban J connectivity index is 1.94. The monoisotopic (exact) mass is 331 g/mol. The molecule has 6 heteroatoms. The summed E-state index contributed by atoms with van der Waals surface area (Å²) in [6, 6.07) is 7.90. The van der Waals surface area contributed by atoms with Gasteiger partial charge in [0.05, 0.1) is 5.92 Å². The SMILES string of the molecule is CC(=O)NCCNC(=O)C1CC(=O)N(c2cccc(C(C)C)c2)C1. The van der Waals surface area contributed by atoms with E-state index in [1.165, 1.54) is 12.5 Å². The first kappa shape index (κ1) is 18.0. The predicted octanol–water partition coefficient (Wildman–Crippen LogP) is 1.42. The number of amides is 3. The fraction of sp³-hybridized carbons (Fsp3) is 0.500. The molecule has 0 saturated carbocycles. The lowest BCUT2D eigenvalue weighted by molar-refractivity contribution is -0.126. The van der Waals surface area contributed by atoms with E-state index in [1.54, 1.807) is 4.90 Å². The van der Waals surface area contributed by atoms with Gasteiger partial charge in [0.25, 0.3) is 0 Å². The average Bonchev–Trinajstić information content (AvgIpc) is 2.93. The number of nitrogens with one attached hydrogen (secondary N) is 2. The van der Waals surface area contributed by atoms with Crippen LogP contribution in [-0.4, -0.2) is 37.4 Å². The fourth-order valence-corrected chi connectivity index (χ4v) is 2.75. The smallest absolute Gasteiger partial charge is 0.227 e. The van der Waals surface area contributed by atoms with Crippen molar-refractivity contribution in [3.8, 4) is 0 Å². The largest absolute Gasteiger partial charge is 0.355 e. The highest BCUT2D eigenvalue weighted by molar-refractivity contribution is 6.00. The first-order valence-corrected chi connectivity index (χ1v) is 8.31. The molecule has 0 spiro atoms. The quantitative estimate of drug-likeness (QED) is 0.774. The molecule has 2 rings (SSSR count). The minimum Gasteiger partial charge on any atom is -0.355 e. The van der Waals surface area contributed by atoms with Gasteiger partial charge in [-0.3, -0.25) is 14.4 Å². The Morgan fingerprint density at radius 1 is 1.25 bits per heavy atom. The summed E-state index contributed by atoms with van der Waals surface area (Å²) in [6.45, 7) is 6.80. The third kappa shape index (κ3) is 4.57. The number of benzene rings is 1. The average molecular weight is 331 g/mol. The molecule has 1 aromatic carbocycles. The molecule has 1 aliphatic heterocycles. The van der Waals surface area contributed by atoms with Gasteiger partial charge < -0.3 is 15.5 Å². The van der Waals surface area contributed by atoms with Crippen LogP contribution in [0.15, 0.2) is 24.3 Å². The Labute approximate surface area is 142 Å². The van der Waals surface area contributed by atoms with Crippen LogP contribution >= 0.6 is 0 Å². The van der Waals surface area contributed by atoms with Gasteiger partial charge >= 0.3 is 0 Å². The zero-order chi connectivity index (χ0) is 17.7. The zero-order valence-corrected chi connectivity index (χ0v) is 14.5. The van der Waals surface area contributed by atoms with Crippen molar-refractivity contribution in [2.24, 2.45) is 5.92 Å². The molecule has 130 valence electrons. The topological polar surface area (TPSA) is 78.5 Å². The highest BCUT2D eigenvalue weighted by Crippen LogP contribution is 2.27. The van der Waals surface area contributed by atoms with Crippen molar-refractivity contribution in [3.05, 3.63) is 29.8 Å². The number of carbonyl (C=O) groups excluding carboxylic acids is 3.